The Morgan fingerprint density at radius 1 is 0.537 bits per heavy atom. The zero-order valence-corrected chi connectivity index (χ0v) is 24.2. The number of hydrogen-bond donors (Lipinski definition) is 0. The van der Waals surface area contributed by atoms with E-state index in [1.165, 1.54) is 0 Å². The van der Waals surface area contributed by atoms with Gasteiger partial charge in [-0.05, 0) is 62.4 Å². The highest BCUT2D eigenvalue weighted by Gasteiger charge is 2.12. The lowest BCUT2D eigenvalue weighted by Gasteiger charge is -2.29. The normalized spacial score (nSPS) is 10.4. The molecule has 0 unspecified atom stereocenters. The number of aromatic nitrogens is 2. The number of nitrogens with zero attached hydrogens (tertiary/aromatic N) is 4. The molecule has 0 amide bonds. The first-order valence-electron chi connectivity index (χ1n) is 13.4. The highest BCUT2D eigenvalue weighted by atomic mass is 16.5. The largest absolute Gasteiger partial charge is 0.497 e. The molecule has 0 N–H and O–H groups in total. The molecule has 218 valence electrons. The molecule has 8 heteroatoms. The van der Waals surface area contributed by atoms with Crippen LogP contribution in [0.4, 0.5) is 11.4 Å². The van der Waals surface area contributed by atoms with E-state index in [1.54, 1.807) is 28.4 Å². The molecular weight excluding hydrogens is 516 g/mol. The topological polar surface area (TPSA) is 69.2 Å². The van der Waals surface area contributed by atoms with Gasteiger partial charge in [-0.3, -0.25) is 9.97 Å². The molecule has 4 rings (SSSR count). The van der Waals surface area contributed by atoms with Crippen LogP contribution in [0.15, 0.2) is 73.1 Å². The zero-order chi connectivity index (χ0) is 28.5. The molecular formula is C33H42N4O4. The van der Waals surface area contributed by atoms with E-state index in [-0.39, 0.29) is 7.43 Å². The standard InChI is InChI=1S/C32H38N4O4.CH4/c1-7-35(25-9-11-31(33-21-25)23-15-27(37-3)19-28(16-23)38-4)13-14-36(8-2)26-10-12-32(34-22-26)24-17-29(39-5)20-30(18-24)40-6;/h9-12,15-22H,7-8,13-14H2,1-6H3;1H4. The van der Waals surface area contributed by atoms with Crippen molar-refractivity contribution >= 4 is 11.4 Å². The Kier molecular flexibility index (Phi) is 11.2. The molecule has 2 heterocycles. The summed E-state index contributed by atoms with van der Waals surface area (Å²) in [4.78, 5) is 14.1. The van der Waals surface area contributed by atoms with Crippen molar-refractivity contribution in [3.8, 4) is 45.5 Å². The smallest absolute Gasteiger partial charge is 0.123 e. The number of benzene rings is 2. The Morgan fingerprint density at radius 2 is 0.878 bits per heavy atom. The second-order valence-electron chi connectivity index (χ2n) is 9.17. The predicted octanol–water partition coefficient (Wildman–Crippen LogP) is 6.83. The molecule has 0 aliphatic rings. The van der Waals surface area contributed by atoms with Gasteiger partial charge < -0.3 is 28.7 Å². The fourth-order valence-corrected chi connectivity index (χ4v) is 4.58. The molecule has 0 aliphatic heterocycles. The third-order valence-corrected chi connectivity index (χ3v) is 6.92. The molecule has 0 radical (unpaired) electrons. The minimum Gasteiger partial charge on any atom is -0.497 e. The van der Waals surface area contributed by atoms with E-state index < -0.39 is 0 Å². The van der Waals surface area contributed by atoms with E-state index in [0.29, 0.717) is 0 Å². The maximum atomic E-state index is 5.41. The Bertz CT molecular complexity index is 1230. The quantitative estimate of drug-likeness (QED) is 0.177. The van der Waals surface area contributed by atoms with Gasteiger partial charge in [0, 0.05) is 49.4 Å². The number of rotatable bonds is 13. The SMILES string of the molecule is C.CCN(CCN(CC)c1ccc(-c2cc(OC)cc(OC)c2)nc1)c1ccc(-c2cc(OC)cc(OC)c2)nc1. The summed E-state index contributed by atoms with van der Waals surface area (Å²) in [5.74, 6) is 2.95. The second kappa shape index (κ2) is 14.8. The maximum Gasteiger partial charge on any atom is 0.123 e. The number of pyridine rings is 2. The third kappa shape index (κ3) is 7.60. The van der Waals surface area contributed by atoms with Crippen LogP contribution in [0, 0.1) is 0 Å². The Balaban J connectivity index is 0.00000462. The lowest BCUT2D eigenvalue weighted by molar-refractivity contribution is 0.394. The van der Waals surface area contributed by atoms with Crippen molar-refractivity contribution in [1.29, 1.82) is 0 Å². The van der Waals surface area contributed by atoms with Gasteiger partial charge in [-0.15, -0.1) is 0 Å². The van der Waals surface area contributed by atoms with E-state index in [0.717, 1.165) is 83.1 Å². The molecule has 0 fully saturated rings. The molecule has 2 aromatic heterocycles. The lowest BCUT2D eigenvalue weighted by Crippen LogP contribution is -2.35. The van der Waals surface area contributed by atoms with Gasteiger partial charge in [-0.1, -0.05) is 7.43 Å². The first-order valence-corrected chi connectivity index (χ1v) is 13.4. The van der Waals surface area contributed by atoms with E-state index in [4.69, 9.17) is 28.9 Å². The molecule has 0 atom stereocenters. The van der Waals surface area contributed by atoms with Gasteiger partial charge in [0.25, 0.3) is 0 Å². The van der Waals surface area contributed by atoms with Crippen molar-refractivity contribution in [2.75, 3.05) is 64.4 Å². The Hall–Kier alpha value is -4.46. The van der Waals surface area contributed by atoms with Gasteiger partial charge in [-0.2, -0.15) is 0 Å². The fourth-order valence-electron chi connectivity index (χ4n) is 4.58. The summed E-state index contributed by atoms with van der Waals surface area (Å²) < 4.78 is 21.6. The molecule has 0 saturated carbocycles. The van der Waals surface area contributed by atoms with Gasteiger partial charge in [0.15, 0.2) is 0 Å². The summed E-state index contributed by atoms with van der Waals surface area (Å²) in [7, 11) is 6.60. The van der Waals surface area contributed by atoms with Gasteiger partial charge >= 0.3 is 0 Å². The first kappa shape index (κ1) is 31.1. The Morgan fingerprint density at radius 3 is 1.12 bits per heavy atom. The predicted molar refractivity (Wildman–Crippen MR) is 168 cm³/mol. The molecule has 0 spiro atoms. The van der Waals surface area contributed by atoms with Crippen molar-refractivity contribution in [2.24, 2.45) is 0 Å². The third-order valence-electron chi connectivity index (χ3n) is 6.92. The minimum atomic E-state index is 0. The summed E-state index contributed by atoms with van der Waals surface area (Å²) in [5.41, 5.74) is 5.80. The minimum absolute atomic E-state index is 0. The van der Waals surface area contributed by atoms with E-state index in [1.807, 2.05) is 60.9 Å². The molecule has 2 aromatic carbocycles. The van der Waals surface area contributed by atoms with Crippen molar-refractivity contribution in [3.63, 3.8) is 0 Å². The van der Waals surface area contributed by atoms with Crippen LogP contribution in [0.2, 0.25) is 0 Å². The molecule has 41 heavy (non-hydrogen) atoms. The van der Waals surface area contributed by atoms with E-state index in [9.17, 15) is 0 Å². The van der Waals surface area contributed by atoms with Crippen LogP contribution in [0.3, 0.4) is 0 Å². The summed E-state index contributed by atoms with van der Waals surface area (Å²) in [5, 5.41) is 0. The van der Waals surface area contributed by atoms with Gasteiger partial charge in [0.1, 0.15) is 23.0 Å². The maximum absolute atomic E-state index is 5.41. The van der Waals surface area contributed by atoms with Crippen molar-refractivity contribution in [3.05, 3.63) is 73.1 Å². The van der Waals surface area contributed by atoms with E-state index >= 15 is 0 Å². The van der Waals surface area contributed by atoms with Crippen LogP contribution in [-0.2, 0) is 0 Å². The zero-order valence-electron chi connectivity index (χ0n) is 24.2. The average Bonchev–Trinajstić information content (AvgIpc) is 3.02. The van der Waals surface area contributed by atoms with Crippen LogP contribution in [0.25, 0.3) is 22.5 Å². The molecule has 0 bridgehead atoms. The fraction of sp³-hybridized carbons (Fsp3) is 0.333. The summed E-state index contributed by atoms with van der Waals surface area (Å²) in [6.45, 7) is 7.78. The molecule has 4 aromatic rings. The van der Waals surface area contributed by atoms with Crippen LogP contribution in [0.5, 0.6) is 23.0 Å². The van der Waals surface area contributed by atoms with Gasteiger partial charge in [-0.25, -0.2) is 0 Å². The van der Waals surface area contributed by atoms with Crippen LogP contribution in [0.1, 0.15) is 21.3 Å². The number of anilines is 2. The summed E-state index contributed by atoms with van der Waals surface area (Å²) in [6.07, 6.45) is 3.86. The molecule has 0 aliphatic carbocycles. The summed E-state index contributed by atoms with van der Waals surface area (Å²) >= 11 is 0. The van der Waals surface area contributed by atoms with Crippen molar-refractivity contribution in [2.45, 2.75) is 21.3 Å². The summed E-state index contributed by atoms with van der Waals surface area (Å²) in [6, 6.07) is 19.9. The molecule has 8 nitrogen and oxygen atoms in total. The van der Waals surface area contributed by atoms with Crippen molar-refractivity contribution in [1.82, 2.24) is 9.97 Å². The molecule has 0 saturated heterocycles. The van der Waals surface area contributed by atoms with Crippen molar-refractivity contribution < 1.29 is 18.9 Å². The van der Waals surface area contributed by atoms with Crippen LogP contribution >= 0.6 is 0 Å². The first-order chi connectivity index (χ1) is 19.5. The Labute approximate surface area is 244 Å². The number of likely N-dealkylation sites (N-methyl/N-ethyl adjacent to an activating group) is 2. The highest BCUT2D eigenvalue weighted by molar-refractivity contribution is 5.67. The van der Waals surface area contributed by atoms with Crippen LogP contribution in [-0.4, -0.2) is 64.6 Å². The number of ether oxygens (including phenoxy) is 4. The number of hydrogen-bond acceptors (Lipinski definition) is 8. The highest BCUT2D eigenvalue weighted by Crippen LogP contribution is 2.31. The van der Waals surface area contributed by atoms with E-state index in [2.05, 4.69) is 35.8 Å². The second-order valence-corrected chi connectivity index (χ2v) is 9.17. The average molecular weight is 559 g/mol. The van der Waals surface area contributed by atoms with Gasteiger partial charge in [0.05, 0.1) is 63.6 Å². The lowest BCUT2D eigenvalue weighted by atomic mass is 10.1. The monoisotopic (exact) mass is 558 g/mol. The van der Waals surface area contributed by atoms with Gasteiger partial charge in [0.2, 0.25) is 0 Å². The number of methoxy groups -OCH3 is 4. The van der Waals surface area contributed by atoms with Crippen LogP contribution < -0.4 is 28.7 Å².